The molecular weight excluding hydrogens is 328 g/mol. The number of halogens is 1. The number of benzene rings is 2. The second kappa shape index (κ2) is 6.63. The molecule has 2 aromatic rings. The third-order valence-electron chi connectivity index (χ3n) is 3.93. The highest BCUT2D eigenvalue weighted by molar-refractivity contribution is 6.30. The lowest BCUT2D eigenvalue weighted by Gasteiger charge is -2.17. The van der Waals surface area contributed by atoms with E-state index >= 15 is 0 Å². The maximum absolute atomic E-state index is 10.6. The van der Waals surface area contributed by atoms with Crippen molar-refractivity contribution in [1.82, 2.24) is 0 Å². The van der Waals surface area contributed by atoms with Crippen LogP contribution in [0.15, 0.2) is 46.6 Å². The molecule has 0 amide bonds. The van der Waals surface area contributed by atoms with Gasteiger partial charge in [-0.1, -0.05) is 23.7 Å². The average Bonchev–Trinajstić information content (AvgIpc) is 2.72. The Morgan fingerprint density at radius 3 is 2.25 bits per heavy atom. The van der Waals surface area contributed by atoms with Crippen molar-refractivity contribution < 1.29 is 14.6 Å². The van der Waals surface area contributed by atoms with E-state index in [9.17, 15) is 5.11 Å². The molecular formula is C18H17ClN2O3. The number of fused-ring (bicyclic) bond motifs is 1. The number of rotatable bonds is 3. The SMILES string of the molecule is COc1cc2c(cc1OC)C(O)C(C)=NN=C2c1ccc(Cl)cc1. The molecule has 0 saturated carbocycles. The van der Waals surface area contributed by atoms with Crippen molar-refractivity contribution >= 4 is 23.0 Å². The summed E-state index contributed by atoms with van der Waals surface area (Å²) in [7, 11) is 3.13. The summed E-state index contributed by atoms with van der Waals surface area (Å²) in [5.41, 5.74) is 3.40. The quantitative estimate of drug-likeness (QED) is 0.925. The highest BCUT2D eigenvalue weighted by Crippen LogP contribution is 2.36. The second-order valence-electron chi connectivity index (χ2n) is 5.39. The Kier molecular flexibility index (Phi) is 4.55. The van der Waals surface area contributed by atoms with Crippen molar-refractivity contribution in [2.45, 2.75) is 13.0 Å². The summed E-state index contributed by atoms with van der Waals surface area (Å²) < 4.78 is 10.7. The lowest BCUT2D eigenvalue weighted by molar-refractivity contribution is 0.245. The second-order valence-corrected chi connectivity index (χ2v) is 5.83. The van der Waals surface area contributed by atoms with E-state index in [1.807, 2.05) is 12.1 Å². The number of hydrogen-bond donors (Lipinski definition) is 1. The van der Waals surface area contributed by atoms with E-state index in [0.717, 1.165) is 11.1 Å². The molecule has 24 heavy (non-hydrogen) atoms. The van der Waals surface area contributed by atoms with Gasteiger partial charge in [-0.2, -0.15) is 5.10 Å². The minimum Gasteiger partial charge on any atom is -0.493 e. The Bertz CT molecular complexity index is 829. The zero-order valence-electron chi connectivity index (χ0n) is 13.6. The van der Waals surface area contributed by atoms with Crippen molar-refractivity contribution in [2.75, 3.05) is 14.2 Å². The summed E-state index contributed by atoms with van der Waals surface area (Å²) in [5, 5.41) is 19.7. The fraction of sp³-hybridized carbons (Fsp3) is 0.222. The molecule has 3 rings (SSSR count). The molecule has 0 aliphatic carbocycles. The van der Waals surface area contributed by atoms with Crippen LogP contribution in [-0.2, 0) is 0 Å². The lowest BCUT2D eigenvalue weighted by atomic mass is 9.93. The van der Waals surface area contributed by atoms with Crippen LogP contribution in [0, 0.1) is 0 Å². The summed E-state index contributed by atoms with van der Waals surface area (Å²) in [6.07, 6.45) is -0.867. The van der Waals surface area contributed by atoms with Crippen LogP contribution < -0.4 is 9.47 Å². The van der Waals surface area contributed by atoms with Gasteiger partial charge in [0.1, 0.15) is 11.8 Å². The van der Waals surface area contributed by atoms with Gasteiger partial charge in [-0.15, -0.1) is 5.10 Å². The zero-order valence-corrected chi connectivity index (χ0v) is 14.3. The zero-order chi connectivity index (χ0) is 17.3. The summed E-state index contributed by atoms with van der Waals surface area (Å²) in [4.78, 5) is 0. The van der Waals surface area contributed by atoms with Crippen LogP contribution in [-0.4, -0.2) is 30.7 Å². The molecule has 1 aliphatic heterocycles. The van der Waals surface area contributed by atoms with Crippen LogP contribution in [0.2, 0.25) is 5.02 Å². The molecule has 1 unspecified atom stereocenters. The predicted molar refractivity (Wildman–Crippen MR) is 94.7 cm³/mol. The Labute approximate surface area is 145 Å². The Morgan fingerprint density at radius 2 is 1.62 bits per heavy atom. The molecule has 1 aliphatic rings. The van der Waals surface area contributed by atoms with E-state index in [-0.39, 0.29) is 0 Å². The van der Waals surface area contributed by atoms with Crippen LogP contribution in [0.5, 0.6) is 11.5 Å². The van der Waals surface area contributed by atoms with E-state index in [4.69, 9.17) is 21.1 Å². The number of ether oxygens (including phenoxy) is 2. The Balaban J connectivity index is 2.25. The summed E-state index contributed by atoms with van der Waals surface area (Å²) in [6, 6.07) is 10.9. The van der Waals surface area contributed by atoms with Crippen LogP contribution in [0.4, 0.5) is 0 Å². The first kappa shape index (κ1) is 16.5. The van der Waals surface area contributed by atoms with Crippen LogP contribution >= 0.6 is 11.6 Å². The minimum absolute atomic E-state index is 0.507. The maximum atomic E-state index is 10.6. The van der Waals surface area contributed by atoms with Crippen molar-refractivity contribution in [2.24, 2.45) is 10.2 Å². The molecule has 1 heterocycles. The van der Waals surface area contributed by atoms with Gasteiger partial charge in [0.05, 0.1) is 19.9 Å². The van der Waals surface area contributed by atoms with Gasteiger partial charge in [0.2, 0.25) is 0 Å². The van der Waals surface area contributed by atoms with Gasteiger partial charge in [-0.25, -0.2) is 0 Å². The molecule has 0 radical (unpaired) electrons. The standard InChI is InChI=1S/C18H17ClN2O3/c1-10-18(22)14-9-16(24-3)15(23-2)8-13(14)17(21-20-10)11-4-6-12(19)7-5-11/h4-9,18,22H,1-3H3. The first-order valence-corrected chi connectivity index (χ1v) is 7.75. The molecule has 124 valence electrons. The minimum atomic E-state index is -0.867. The molecule has 2 aromatic carbocycles. The first-order chi connectivity index (χ1) is 11.5. The molecule has 0 spiro atoms. The third kappa shape index (κ3) is 2.88. The number of aliphatic hydroxyl groups excluding tert-OH is 1. The lowest BCUT2D eigenvalue weighted by Crippen LogP contribution is -2.12. The topological polar surface area (TPSA) is 63.4 Å². The average molecular weight is 345 g/mol. The highest BCUT2D eigenvalue weighted by Gasteiger charge is 2.25. The molecule has 1 N–H and O–H groups in total. The molecule has 0 bridgehead atoms. The smallest absolute Gasteiger partial charge is 0.161 e. The Hall–Kier alpha value is -2.37. The van der Waals surface area contributed by atoms with E-state index in [1.165, 1.54) is 0 Å². The number of hydrogen-bond acceptors (Lipinski definition) is 5. The van der Waals surface area contributed by atoms with Crippen molar-refractivity contribution in [3.05, 3.63) is 58.1 Å². The molecule has 5 nitrogen and oxygen atoms in total. The number of aliphatic hydroxyl groups is 1. The van der Waals surface area contributed by atoms with Crippen molar-refractivity contribution in [1.29, 1.82) is 0 Å². The van der Waals surface area contributed by atoms with E-state index in [1.54, 1.807) is 45.4 Å². The molecule has 6 heteroatoms. The normalized spacial score (nSPS) is 16.6. The Morgan fingerprint density at radius 1 is 1.00 bits per heavy atom. The van der Waals surface area contributed by atoms with E-state index in [2.05, 4.69) is 10.2 Å². The third-order valence-corrected chi connectivity index (χ3v) is 4.18. The van der Waals surface area contributed by atoms with Gasteiger partial charge < -0.3 is 14.6 Å². The highest BCUT2D eigenvalue weighted by atomic mass is 35.5. The van der Waals surface area contributed by atoms with Crippen LogP contribution in [0.25, 0.3) is 0 Å². The molecule has 1 atom stereocenters. The summed E-state index contributed by atoms with van der Waals surface area (Å²) in [5.74, 6) is 1.10. The van der Waals surface area contributed by atoms with Gasteiger partial charge >= 0.3 is 0 Å². The predicted octanol–water partition coefficient (Wildman–Crippen LogP) is 3.62. The van der Waals surface area contributed by atoms with Gasteiger partial charge in [0.25, 0.3) is 0 Å². The van der Waals surface area contributed by atoms with E-state index in [0.29, 0.717) is 33.5 Å². The van der Waals surface area contributed by atoms with Gasteiger partial charge in [-0.3, -0.25) is 0 Å². The molecule has 0 aromatic heterocycles. The fourth-order valence-corrected chi connectivity index (χ4v) is 2.74. The number of methoxy groups -OCH3 is 2. The van der Waals surface area contributed by atoms with Crippen LogP contribution in [0.3, 0.4) is 0 Å². The van der Waals surface area contributed by atoms with Crippen LogP contribution in [0.1, 0.15) is 29.7 Å². The largest absolute Gasteiger partial charge is 0.493 e. The maximum Gasteiger partial charge on any atom is 0.161 e. The first-order valence-electron chi connectivity index (χ1n) is 7.37. The molecule has 0 saturated heterocycles. The van der Waals surface area contributed by atoms with Crippen molar-refractivity contribution in [3.8, 4) is 11.5 Å². The van der Waals surface area contributed by atoms with Gasteiger partial charge in [0, 0.05) is 16.1 Å². The summed E-state index contributed by atoms with van der Waals surface area (Å²) in [6.45, 7) is 1.74. The van der Waals surface area contributed by atoms with Gasteiger partial charge in [0.15, 0.2) is 11.5 Å². The van der Waals surface area contributed by atoms with Crippen molar-refractivity contribution in [3.63, 3.8) is 0 Å². The van der Waals surface area contributed by atoms with Gasteiger partial charge in [-0.05, 0) is 36.8 Å². The number of nitrogens with zero attached hydrogens (tertiary/aromatic N) is 2. The monoisotopic (exact) mass is 344 g/mol. The summed E-state index contributed by atoms with van der Waals surface area (Å²) >= 11 is 5.97. The fourth-order valence-electron chi connectivity index (χ4n) is 2.61. The molecule has 0 fully saturated rings. The van der Waals surface area contributed by atoms with E-state index < -0.39 is 6.10 Å².